The van der Waals surface area contributed by atoms with Gasteiger partial charge in [0.05, 0.1) is 5.02 Å². The van der Waals surface area contributed by atoms with Crippen molar-refractivity contribution < 1.29 is 9.13 Å². The Morgan fingerprint density at radius 3 is 2.75 bits per heavy atom. The molecule has 0 bridgehead atoms. The number of nitrogens with two attached hydrogens (primary N) is 1. The highest BCUT2D eigenvalue weighted by atomic mass is 35.5. The van der Waals surface area contributed by atoms with Crippen molar-refractivity contribution in [2.45, 2.75) is 26.5 Å². The summed E-state index contributed by atoms with van der Waals surface area (Å²) in [6, 6.07) is 10.4. The molecule has 0 saturated heterocycles. The lowest BCUT2D eigenvalue weighted by Crippen LogP contribution is -2.08. The van der Waals surface area contributed by atoms with E-state index in [1.165, 1.54) is 6.07 Å². The van der Waals surface area contributed by atoms with Crippen molar-refractivity contribution in [2.75, 3.05) is 0 Å². The normalized spacial score (nSPS) is 12.2. The first-order valence-electron chi connectivity index (χ1n) is 6.41. The van der Waals surface area contributed by atoms with Gasteiger partial charge >= 0.3 is 0 Å². The maximum absolute atomic E-state index is 13.4. The Labute approximate surface area is 123 Å². The van der Waals surface area contributed by atoms with Gasteiger partial charge in [0.25, 0.3) is 0 Å². The monoisotopic (exact) mass is 293 g/mol. The van der Waals surface area contributed by atoms with E-state index in [9.17, 15) is 4.39 Å². The highest BCUT2D eigenvalue weighted by Crippen LogP contribution is 2.27. The molecule has 0 saturated carbocycles. The van der Waals surface area contributed by atoms with Crippen LogP contribution in [-0.4, -0.2) is 0 Å². The highest BCUT2D eigenvalue weighted by molar-refractivity contribution is 6.31. The molecule has 1 atom stereocenters. The first-order valence-corrected chi connectivity index (χ1v) is 6.78. The molecule has 4 heteroatoms. The first-order chi connectivity index (χ1) is 9.49. The average Bonchev–Trinajstić information content (AvgIpc) is 2.40. The summed E-state index contributed by atoms with van der Waals surface area (Å²) in [6.07, 6.45) is 0. The highest BCUT2D eigenvalue weighted by Gasteiger charge is 2.11. The zero-order valence-electron chi connectivity index (χ0n) is 11.5. The van der Waals surface area contributed by atoms with Crippen LogP contribution in [0.3, 0.4) is 0 Å². The van der Waals surface area contributed by atoms with Gasteiger partial charge in [-0.15, -0.1) is 0 Å². The van der Waals surface area contributed by atoms with Gasteiger partial charge in [0.2, 0.25) is 0 Å². The fourth-order valence-electron chi connectivity index (χ4n) is 1.96. The number of rotatable bonds is 4. The van der Waals surface area contributed by atoms with Crippen molar-refractivity contribution in [1.82, 2.24) is 0 Å². The summed E-state index contributed by atoms with van der Waals surface area (Å²) < 4.78 is 19.1. The number of aryl methyl sites for hydroxylation is 1. The average molecular weight is 294 g/mol. The summed E-state index contributed by atoms with van der Waals surface area (Å²) in [5.41, 5.74) is 8.53. The van der Waals surface area contributed by atoms with Crippen LogP contribution in [-0.2, 0) is 6.61 Å². The Hall–Kier alpha value is -1.58. The van der Waals surface area contributed by atoms with Gasteiger partial charge in [-0.2, -0.15) is 0 Å². The summed E-state index contributed by atoms with van der Waals surface area (Å²) >= 11 is 5.91. The number of hydrogen-bond donors (Lipinski definition) is 1. The summed E-state index contributed by atoms with van der Waals surface area (Å²) in [6.45, 7) is 4.08. The van der Waals surface area contributed by atoms with E-state index in [2.05, 4.69) is 0 Å². The number of ether oxygens (including phenoxy) is 1. The number of halogens is 2. The number of hydrogen-bond acceptors (Lipinski definition) is 2. The Bertz CT molecular complexity index is 613. The van der Waals surface area contributed by atoms with Crippen LogP contribution in [0.15, 0.2) is 36.4 Å². The molecule has 0 aliphatic carbocycles. The standard InChI is InChI=1S/C16H17ClFNO/c1-10-6-7-13(11(2)19)15(8-10)20-9-12-4-3-5-14(18)16(12)17/h3-8,11H,9,19H2,1-2H3. The minimum atomic E-state index is -0.440. The molecule has 20 heavy (non-hydrogen) atoms. The molecule has 0 aromatic heterocycles. The van der Waals surface area contributed by atoms with E-state index in [4.69, 9.17) is 22.1 Å². The maximum atomic E-state index is 13.4. The van der Waals surface area contributed by atoms with Crippen molar-refractivity contribution in [1.29, 1.82) is 0 Å². The van der Waals surface area contributed by atoms with Gasteiger partial charge in [0.1, 0.15) is 18.2 Å². The molecule has 0 fully saturated rings. The molecule has 0 radical (unpaired) electrons. The molecule has 0 amide bonds. The predicted molar refractivity (Wildman–Crippen MR) is 79.5 cm³/mol. The van der Waals surface area contributed by atoms with Gasteiger partial charge in [-0.1, -0.05) is 35.9 Å². The lowest BCUT2D eigenvalue weighted by molar-refractivity contribution is 0.301. The Morgan fingerprint density at radius 2 is 2.05 bits per heavy atom. The van der Waals surface area contributed by atoms with Crippen molar-refractivity contribution in [3.63, 3.8) is 0 Å². The predicted octanol–water partition coefficient (Wildman–Crippen LogP) is 4.39. The van der Waals surface area contributed by atoms with Crippen LogP contribution in [0.5, 0.6) is 5.75 Å². The van der Waals surface area contributed by atoms with Crippen molar-refractivity contribution in [2.24, 2.45) is 5.73 Å². The van der Waals surface area contributed by atoms with Crippen LogP contribution in [0, 0.1) is 12.7 Å². The molecule has 2 aromatic carbocycles. The largest absolute Gasteiger partial charge is 0.488 e. The molecular weight excluding hydrogens is 277 g/mol. The molecule has 2 N–H and O–H groups in total. The Morgan fingerprint density at radius 1 is 1.30 bits per heavy atom. The summed E-state index contributed by atoms with van der Waals surface area (Å²) in [4.78, 5) is 0. The molecular formula is C16H17ClFNO. The van der Waals surface area contributed by atoms with Crippen LogP contribution in [0.25, 0.3) is 0 Å². The lowest BCUT2D eigenvalue weighted by Gasteiger charge is -2.15. The van der Waals surface area contributed by atoms with Crippen LogP contribution in [0.1, 0.15) is 29.7 Å². The molecule has 1 unspecified atom stereocenters. The molecule has 0 spiro atoms. The second-order valence-electron chi connectivity index (χ2n) is 4.83. The first kappa shape index (κ1) is 14.8. The minimum Gasteiger partial charge on any atom is -0.488 e. The van der Waals surface area contributed by atoms with E-state index in [1.807, 2.05) is 32.0 Å². The van der Waals surface area contributed by atoms with Gasteiger partial charge < -0.3 is 10.5 Å². The maximum Gasteiger partial charge on any atom is 0.142 e. The Kier molecular flexibility index (Phi) is 4.63. The molecule has 0 aliphatic rings. The third-order valence-corrected chi connectivity index (χ3v) is 3.50. The second kappa shape index (κ2) is 6.25. The third-order valence-electron chi connectivity index (χ3n) is 3.07. The van der Waals surface area contributed by atoms with Gasteiger partial charge in [0.15, 0.2) is 0 Å². The summed E-state index contributed by atoms with van der Waals surface area (Å²) in [7, 11) is 0. The van der Waals surface area contributed by atoms with Gasteiger partial charge in [-0.05, 0) is 31.5 Å². The zero-order chi connectivity index (χ0) is 14.7. The van der Waals surface area contributed by atoms with E-state index in [0.717, 1.165) is 11.1 Å². The van der Waals surface area contributed by atoms with E-state index in [0.29, 0.717) is 11.3 Å². The topological polar surface area (TPSA) is 35.2 Å². The summed E-state index contributed by atoms with van der Waals surface area (Å²) in [5, 5.41) is 0.0995. The van der Waals surface area contributed by atoms with Crippen molar-refractivity contribution >= 4 is 11.6 Å². The van der Waals surface area contributed by atoms with Crippen molar-refractivity contribution in [3.05, 3.63) is 63.9 Å². The fraction of sp³-hybridized carbons (Fsp3) is 0.250. The lowest BCUT2D eigenvalue weighted by atomic mass is 10.1. The molecule has 2 rings (SSSR count). The van der Waals surface area contributed by atoms with Crippen molar-refractivity contribution in [3.8, 4) is 5.75 Å². The smallest absolute Gasteiger partial charge is 0.142 e. The van der Waals surface area contributed by atoms with E-state index < -0.39 is 5.82 Å². The van der Waals surface area contributed by atoms with Gasteiger partial charge in [0, 0.05) is 17.2 Å². The zero-order valence-corrected chi connectivity index (χ0v) is 12.2. The van der Waals surface area contributed by atoms with Crippen LogP contribution in [0.2, 0.25) is 5.02 Å². The molecule has 2 nitrogen and oxygen atoms in total. The van der Waals surface area contributed by atoms with Crippen LogP contribution >= 0.6 is 11.6 Å². The van der Waals surface area contributed by atoms with Gasteiger partial charge in [-0.25, -0.2) is 4.39 Å². The second-order valence-corrected chi connectivity index (χ2v) is 5.21. The summed E-state index contributed by atoms with van der Waals surface area (Å²) in [5.74, 6) is 0.268. The van der Waals surface area contributed by atoms with E-state index in [1.54, 1.807) is 12.1 Å². The fourth-order valence-corrected chi connectivity index (χ4v) is 2.14. The molecule has 106 valence electrons. The quantitative estimate of drug-likeness (QED) is 0.907. The van der Waals surface area contributed by atoms with E-state index in [-0.39, 0.29) is 17.7 Å². The SMILES string of the molecule is Cc1ccc(C(C)N)c(OCc2cccc(F)c2Cl)c1. The minimum absolute atomic E-state index is 0.0995. The third kappa shape index (κ3) is 3.30. The van der Waals surface area contributed by atoms with Crippen LogP contribution < -0.4 is 10.5 Å². The Balaban J connectivity index is 2.22. The van der Waals surface area contributed by atoms with Gasteiger partial charge in [-0.3, -0.25) is 0 Å². The molecule has 0 heterocycles. The molecule has 0 aliphatic heterocycles. The molecule has 2 aromatic rings. The van der Waals surface area contributed by atoms with E-state index >= 15 is 0 Å². The van der Waals surface area contributed by atoms with Crippen LogP contribution in [0.4, 0.5) is 4.39 Å². The number of benzene rings is 2.